The van der Waals surface area contributed by atoms with E-state index >= 15 is 0 Å². The van der Waals surface area contributed by atoms with E-state index in [4.69, 9.17) is 0 Å². The van der Waals surface area contributed by atoms with Gasteiger partial charge < -0.3 is 10.6 Å². The molecule has 4 rings (SSSR count). The minimum Gasteiger partial charge on any atom is -0.354 e. The van der Waals surface area contributed by atoms with E-state index in [0.717, 1.165) is 45.5 Å². The van der Waals surface area contributed by atoms with Crippen LogP contribution in [-0.4, -0.2) is 36.5 Å². The molecule has 8 heteroatoms. The van der Waals surface area contributed by atoms with E-state index < -0.39 is 0 Å². The van der Waals surface area contributed by atoms with Crippen LogP contribution in [0.3, 0.4) is 0 Å². The van der Waals surface area contributed by atoms with Gasteiger partial charge in [0.25, 0.3) is 0 Å². The van der Waals surface area contributed by atoms with Crippen LogP contribution in [0.2, 0.25) is 0 Å². The van der Waals surface area contributed by atoms with Crippen LogP contribution in [0.1, 0.15) is 12.5 Å². The molecule has 3 heterocycles. The van der Waals surface area contributed by atoms with Crippen LogP contribution < -0.4 is 10.6 Å². The van der Waals surface area contributed by atoms with Gasteiger partial charge in [-0.15, -0.1) is 0 Å². The van der Waals surface area contributed by atoms with Crippen LogP contribution in [0.4, 0.5) is 17.5 Å². The predicted octanol–water partition coefficient (Wildman–Crippen LogP) is 2.72. The molecular weight excluding hydrogens is 304 g/mol. The normalized spacial score (nSPS) is 11.3. The maximum Gasteiger partial charge on any atom is 0.224 e. The number of aryl methyl sites for hydroxylation is 2. The third kappa shape index (κ3) is 2.23. The first kappa shape index (κ1) is 14.4. The summed E-state index contributed by atoms with van der Waals surface area (Å²) in [6, 6.07) is 4.07. The van der Waals surface area contributed by atoms with Crippen molar-refractivity contribution in [1.82, 2.24) is 29.9 Å². The molecule has 0 aliphatic carbocycles. The Morgan fingerprint density at radius 1 is 1.21 bits per heavy atom. The standard InChI is InChI=1S/C16H18N8/c1-4-17-16-18-7-11-14(23-24(3)15(11)21-16)20-13-9(2)5-6-12-10(13)8-19-22-12/h5-8H,4H2,1-3H3,(H,19,22)(H,20,23)(H,17,18,21). The summed E-state index contributed by atoms with van der Waals surface area (Å²) < 4.78 is 1.75. The number of nitrogens with zero attached hydrogens (tertiary/aromatic N) is 5. The van der Waals surface area contributed by atoms with Crippen molar-refractivity contribution < 1.29 is 0 Å². The van der Waals surface area contributed by atoms with Crippen molar-refractivity contribution in [3.8, 4) is 0 Å². The van der Waals surface area contributed by atoms with Gasteiger partial charge in [-0.3, -0.25) is 5.10 Å². The van der Waals surface area contributed by atoms with Crippen molar-refractivity contribution in [3.63, 3.8) is 0 Å². The van der Waals surface area contributed by atoms with Crippen molar-refractivity contribution in [2.24, 2.45) is 7.05 Å². The van der Waals surface area contributed by atoms with Gasteiger partial charge in [0.1, 0.15) is 0 Å². The number of aromatic nitrogens is 6. The Kier molecular flexibility index (Phi) is 3.30. The van der Waals surface area contributed by atoms with E-state index in [1.54, 1.807) is 10.9 Å². The molecule has 0 saturated carbocycles. The molecule has 122 valence electrons. The number of rotatable bonds is 4. The van der Waals surface area contributed by atoms with E-state index in [2.05, 4.69) is 42.8 Å². The van der Waals surface area contributed by atoms with Gasteiger partial charge in [0, 0.05) is 25.2 Å². The molecule has 3 N–H and O–H groups in total. The number of anilines is 3. The molecule has 1 aromatic carbocycles. The zero-order valence-corrected chi connectivity index (χ0v) is 13.8. The molecule has 4 aromatic rings. The second kappa shape index (κ2) is 5.48. The van der Waals surface area contributed by atoms with Crippen LogP contribution in [0.25, 0.3) is 21.9 Å². The van der Waals surface area contributed by atoms with Crippen molar-refractivity contribution in [3.05, 3.63) is 30.1 Å². The lowest BCUT2D eigenvalue weighted by Gasteiger charge is -2.08. The molecule has 3 aromatic heterocycles. The van der Waals surface area contributed by atoms with Crippen LogP contribution in [0, 0.1) is 6.92 Å². The van der Waals surface area contributed by atoms with Crippen LogP contribution in [0.5, 0.6) is 0 Å². The van der Waals surface area contributed by atoms with Gasteiger partial charge in [-0.2, -0.15) is 15.2 Å². The van der Waals surface area contributed by atoms with Gasteiger partial charge in [-0.05, 0) is 25.5 Å². The van der Waals surface area contributed by atoms with Crippen LogP contribution in [0.15, 0.2) is 24.5 Å². The third-order valence-corrected chi connectivity index (χ3v) is 3.99. The topological polar surface area (TPSA) is 96.3 Å². The number of hydrogen-bond acceptors (Lipinski definition) is 6. The summed E-state index contributed by atoms with van der Waals surface area (Å²) in [5.74, 6) is 1.33. The minimum absolute atomic E-state index is 0.604. The number of H-pyrrole nitrogens is 1. The number of fused-ring (bicyclic) bond motifs is 2. The SMILES string of the molecule is CCNc1ncc2c(Nc3c(C)ccc4[nH]ncc34)nn(C)c2n1. The number of aromatic amines is 1. The van der Waals surface area contributed by atoms with Gasteiger partial charge in [0.05, 0.1) is 22.8 Å². The van der Waals surface area contributed by atoms with Crippen LogP contribution in [-0.2, 0) is 7.05 Å². The molecule has 0 radical (unpaired) electrons. The Hall–Kier alpha value is -3.16. The number of hydrogen-bond donors (Lipinski definition) is 3. The molecule has 0 aliphatic rings. The van der Waals surface area contributed by atoms with E-state index in [1.807, 2.05) is 32.3 Å². The van der Waals surface area contributed by atoms with Crippen molar-refractivity contribution in [2.45, 2.75) is 13.8 Å². The summed E-state index contributed by atoms with van der Waals surface area (Å²) >= 11 is 0. The van der Waals surface area contributed by atoms with E-state index in [1.165, 1.54) is 0 Å². The Labute approximate surface area is 138 Å². The summed E-state index contributed by atoms with van der Waals surface area (Å²) in [5.41, 5.74) is 3.86. The van der Waals surface area contributed by atoms with Gasteiger partial charge >= 0.3 is 0 Å². The molecule has 0 amide bonds. The molecule has 24 heavy (non-hydrogen) atoms. The van der Waals surface area contributed by atoms with Gasteiger partial charge in [0.15, 0.2) is 11.5 Å². The monoisotopic (exact) mass is 322 g/mol. The van der Waals surface area contributed by atoms with Crippen molar-refractivity contribution in [1.29, 1.82) is 0 Å². The Bertz CT molecular complexity index is 1030. The highest BCUT2D eigenvalue weighted by Crippen LogP contribution is 2.31. The number of nitrogens with one attached hydrogen (secondary N) is 3. The maximum atomic E-state index is 4.56. The zero-order valence-electron chi connectivity index (χ0n) is 13.8. The van der Waals surface area contributed by atoms with E-state index in [0.29, 0.717) is 5.95 Å². The summed E-state index contributed by atoms with van der Waals surface area (Å²) in [4.78, 5) is 8.87. The quantitative estimate of drug-likeness (QED) is 0.534. The lowest BCUT2D eigenvalue weighted by atomic mass is 10.1. The molecule has 8 nitrogen and oxygen atoms in total. The first-order valence-electron chi connectivity index (χ1n) is 7.80. The molecule has 0 aliphatic heterocycles. The second-order valence-corrected chi connectivity index (χ2v) is 5.65. The van der Waals surface area contributed by atoms with E-state index in [-0.39, 0.29) is 0 Å². The molecule has 0 bridgehead atoms. The average Bonchev–Trinajstić information content (AvgIpc) is 3.16. The van der Waals surface area contributed by atoms with Gasteiger partial charge in [-0.1, -0.05) is 6.07 Å². The Morgan fingerprint density at radius 2 is 2.08 bits per heavy atom. The average molecular weight is 322 g/mol. The summed E-state index contributed by atoms with van der Waals surface area (Å²) in [6.45, 7) is 4.84. The lowest BCUT2D eigenvalue weighted by molar-refractivity contribution is 0.789. The van der Waals surface area contributed by atoms with Crippen molar-refractivity contribution in [2.75, 3.05) is 17.2 Å². The lowest BCUT2D eigenvalue weighted by Crippen LogP contribution is -2.02. The highest BCUT2D eigenvalue weighted by Gasteiger charge is 2.14. The minimum atomic E-state index is 0.604. The number of benzene rings is 1. The smallest absolute Gasteiger partial charge is 0.224 e. The highest BCUT2D eigenvalue weighted by molar-refractivity contribution is 5.98. The summed E-state index contributed by atoms with van der Waals surface area (Å²) in [7, 11) is 1.88. The molecule has 0 unspecified atom stereocenters. The first-order valence-corrected chi connectivity index (χ1v) is 7.80. The highest BCUT2D eigenvalue weighted by atomic mass is 15.3. The predicted molar refractivity (Wildman–Crippen MR) is 94.6 cm³/mol. The fourth-order valence-corrected chi connectivity index (χ4v) is 2.78. The molecule has 0 atom stereocenters. The van der Waals surface area contributed by atoms with Crippen molar-refractivity contribution >= 4 is 39.4 Å². The summed E-state index contributed by atoms with van der Waals surface area (Å²) in [5, 5.41) is 20.1. The fourth-order valence-electron chi connectivity index (χ4n) is 2.78. The first-order chi connectivity index (χ1) is 11.7. The molecule has 0 fully saturated rings. The maximum absolute atomic E-state index is 4.56. The molecule has 0 saturated heterocycles. The Balaban J connectivity index is 1.82. The van der Waals surface area contributed by atoms with Crippen LogP contribution >= 0.6 is 0 Å². The Morgan fingerprint density at radius 3 is 2.92 bits per heavy atom. The van der Waals surface area contributed by atoms with Gasteiger partial charge in [0.2, 0.25) is 5.95 Å². The fraction of sp³-hybridized carbons (Fsp3) is 0.250. The molecule has 0 spiro atoms. The third-order valence-electron chi connectivity index (χ3n) is 3.99. The van der Waals surface area contributed by atoms with E-state index in [9.17, 15) is 0 Å². The largest absolute Gasteiger partial charge is 0.354 e. The molecular formula is C16H18N8. The summed E-state index contributed by atoms with van der Waals surface area (Å²) in [6.07, 6.45) is 3.61. The zero-order chi connectivity index (χ0) is 16.7. The van der Waals surface area contributed by atoms with Gasteiger partial charge in [-0.25, -0.2) is 9.67 Å². The second-order valence-electron chi connectivity index (χ2n) is 5.65.